The normalized spacial score (nSPS) is 23.8. The smallest absolute Gasteiger partial charge is 0.308 e. The number of benzene rings is 1. The molecule has 2 heterocycles. The number of oxime groups is 1. The van der Waals surface area contributed by atoms with Gasteiger partial charge in [-0.05, 0) is 61.6 Å². The van der Waals surface area contributed by atoms with Crippen LogP contribution in [0.15, 0.2) is 35.0 Å². The molecule has 0 saturated carbocycles. The Hall–Kier alpha value is -2.14. The van der Waals surface area contributed by atoms with Crippen molar-refractivity contribution in [3.63, 3.8) is 0 Å². The minimum Gasteiger partial charge on any atom is -0.427 e. The van der Waals surface area contributed by atoms with Crippen molar-refractivity contribution in [2.45, 2.75) is 51.6 Å². The summed E-state index contributed by atoms with van der Waals surface area (Å²) in [4.78, 5) is 18.9. The van der Waals surface area contributed by atoms with E-state index >= 15 is 0 Å². The average molecular weight is 342 g/mol. The van der Waals surface area contributed by atoms with Crippen LogP contribution in [0, 0.1) is 0 Å². The largest absolute Gasteiger partial charge is 0.427 e. The van der Waals surface area contributed by atoms with Gasteiger partial charge in [0.2, 0.25) is 0 Å². The molecule has 2 aliphatic rings. The number of carbonyl (C=O) groups is 1. The third-order valence-corrected chi connectivity index (χ3v) is 5.23. The van der Waals surface area contributed by atoms with Gasteiger partial charge in [0.1, 0.15) is 12.9 Å². The van der Waals surface area contributed by atoms with E-state index in [4.69, 9.17) is 9.57 Å². The van der Waals surface area contributed by atoms with Crippen LogP contribution < -0.4 is 4.74 Å². The molecule has 5 heteroatoms. The summed E-state index contributed by atoms with van der Waals surface area (Å²) in [6, 6.07) is 8.74. The van der Waals surface area contributed by atoms with Crippen LogP contribution in [0.25, 0.3) is 5.57 Å². The van der Waals surface area contributed by atoms with Gasteiger partial charge in [-0.3, -0.25) is 9.69 Å². The van der Waals surface area contributed by atoms with E-state index < -0.39 is 0 Å². The number of carbonyl (C=O) groups excluding carboxylic acids is 1. The summed E-state index contributed by atoms with van der Waals surface area (Å²) in [5.74, 6) is 0.287. The van der Waals surface area contributed by atoms with Crippen LogP contribution in [-0.2, 0) is 9.63 Å². The van der Waals surface area contributed by atoms with E-state index in [9.17, 15) is 4.79 Å². The number of fused-ring (bicyclic) bond motifs is 2. The molecule has 0 spiro atoms. The van der Waals surface area contributed by atoms with E-state index in [1.54, 1.807) is 7.11 Å². The molecule has 0 radical (unpaired) electrons. The Morgan fingerprint density at radius 3 is 2.84 bits per heavy atom. The van der Waals surface area contributed by atoms with Crippen LogP contribution in [0.5, 0.6) is 5.75 Å². The van der Waals surface area contributed by atoms with Gasteiger partial charge in [-0.2, -0.15) is 0 Å². The molecule has 5 nitrogen and oxygen atoms in total. The molecule has 2 aliphatic heterocycles. The maximum absolute atomic E-state index is 11.3. The minimum absolute atomic E-state index is 0.301. The molecule has 0 aromatic heterocycles. The van der Waals surface area contributed by atoms with E-state index in [-0.39, 0.29) is 5.97 Å². The summed E-state index contributed by atoms with van der Waals surface area (Å²) >= 11 is 0. The zero-order chi connectivity index (χ0) is 18.0. The summed E-state index contributed by atoms with van der Waals surface area (Å²) in [7, 11) is 3.80. The lowest BCUT2D eigenvalue weighted by Gasteiger charge is -2.35. The van der Waals surface area contributed by atoms with Crippen LogP contribution in [0.4, 0.5) is 0 Å². The summed E-state index contributed by atoms with van der Waals surface area (Å²) in [6.45, 7) is 3.53. The summed E-state index contributed by atoms with van der Waals surface area (Å²) in [5.41, 5.74) is 4.70. The Kier molecular flexibility index (Phi) is 5.23. The number of nitrogens with zero attached hydrogens (tertiary/aromatic N) is 2. The van der Waals surface area contributed by atoms with Gasteiger partial charge in [-0.15, -0.1) is 0 Å². The second-order valence-corrected chi connectivity index (χ2v) is 6.70. The van der Waals surface area contributed by atoms with E-state index in [0.717, 1.165) is 30.5 Å². The standard InChI is InChI=1S/C20H26N2O3/c1-5-18(21-24-4)20-17(12-15-9-10-19(20)22(15)3)14-7-6-8-16(11-14)25-13(2)23/h6-8,11,15,19H,5,9-10,12H2,1-4H3/b21-18+. The van der Waals surface area contributed by atoms with Crippen LogP contribution in [0.2, 0.25) is 0 Å². The average Bonchev–Trinajstić information content (AvgIpc) is 2.82. The third-order valence-electron chi connectivity index (χ3n) is 5.23. The fourth-order valence-corrected chi connectivity index (χ4v) is 4.12. The molecule has 1 saturated heterocycles. The predicted octanol–water partition coefficient (Wildman–Crippen LogP) is 3.64. The molecule has 134 valence electrons. The molecule has 2 unspecified atom stereocenters. The Morgan fingerprint density at radius 1 is 1.36 bits per heavy atom. The van der Waals surface area contributed by atoms with Crippen molar-refractivity contribution in [1.82, 2.24) is 4.90 Å². The van der Waals surface area contributed by atoms with Gasteiger partial charge < -0.3 is 9.57 Å². The lowest BCUT2D eigenvalue weighted by Crippen LogP contribution is -2.40. The predicted molar refractivity (Wildman–Crippen MR) is 98.6 cm³/mol. The van der Waals surface area contributed by atoms with Crippen molar-refractivity contribution in [3.8, 4) is 5.75 Å². The molecule has 0 aliphatic carbocycles. The monoisotopic (exact) mass is 342 g/mol. The fourth-order valence-electron chi connectivity index (χ4n) is 4.12. The highest BCUT2D eigenvalue weighted by molar-refractivity contribution is 6.07. The highest BCUT2D eigenvalue weighted by Crippen LogP contribution is 2.43. The van der Waals surface area contributed by atoms with Gasteiger partial charge in [0.05, 0.1) is 5.71 Å². The molecule has 3 rings (SSSR count). The number of hydrogen-bond acceptors (Lipinski definition) is 5. The summed E-state index contributed by atoms with van der Waals surface area (Å²) in [5, 5.41) is 4.31. The van der Waals surface area contributed by atoms with E-state index in [1.807, 2.05) is 18.2 Å². The summed E-state index contributed by atoms with van der Waals surface area (Å²) in [6.07, 6.45) is 4.15. The first-order chi connectivity index (χ1) is 12.0. The van der Waals surface area contributed by atoms with Crippen LogP contribution in [0.3, 0.4) is 0 Å². The zero-order valence-electron chi connectivity index (χ0n) is 15.4. The van der Waals surface area contributed by atoms with Crippen molar-refractivity contribution < 1.29 is 14.4 Å². The van der Waals surface area contributed by atoms with Gasteiger partial charge in [-0.25, -0.2) is 0 Å². The molecule has 1 aromatic rings. The number of ether oxygens (including phenoxy) is 1. The van der Waals surface area contributed by atoms with Gasteiger partial charge in [0, 0.05) is 19.0 Å². The van der Waals surface area contributed by atoms with Crippen LogP contribution in [0.1, 0.15) is 45.1 Å². The third kappa shape index (κ3) is 3.47. The van der Waals surface area contributed by atoms with Gasteiger partial charge in [-0.1, -0.05) is 24.2 Å². The molecule has 1 fully saturated rings. The van der Waals surface area contributed by atoms with E-state index in [1.165, 1.54) is 24.5 Å². The Morgan fingerprint density at radius 2 is 2.16 bits per heavy atom. The minimum atomic E-state index is -0.301. The van der Waals surface area contributed by atoms with Crippen molar-refractivity contribution >= 4 is 17.3 Å². The van der Waals surface area contributed by atoms with Crippen molar-refractivity contribution in [2.24, 2.45) is 5.16 Å². The molecule has 0 amide bonds. The fraction of sp³-hybridized carbons (Fsp3) is 0.500. The molecule has 0 N–H and O–H groups in total. The SMILES string of the molecule is CC/C(=N\OC)C1=C(c2cccc(OC(C)=O)c2)CC2CCC1N2C. The maximum Gasteiger partial charge on any atom is 0.308 e. The molecule has 2 atom stereocenters. The first-order valence-corrected chi connectivity index (χ1v) is 8.89. The first kappa shape index (κ1) is 17.7. The first-order valence-electron chi connectivity index (χ1n) is 8.89. The quantitative estimate of drug-likeness (QED) is 0.355. The Balaban J connectivity index is 2.10. The molecule has 1 aromatic carbocycles. The lowest BCUT2D eigenvalue weighted by atomic mass is 9.85. The van der Waals surface area contributed by atoms with Gasteiger partial charge in [0.25, 0.3) is 0 Å². The number of hydrogen-bond donors (Lipinski definition) is 0. The second-order valence-electron chi connectivity index (χ2n) is 6.70. The second kappa shape index (κ2) is 7.40. The highest BCUT2D eigenvalue weighted by atomic mass is 16.6. The number of rotatable bonds is 5. The highest BCUT2D eigenvalue weighted by Gasteiger charge is 2.40. The summed E-state index contributed by atoms with van der Waals surface area (Å²) < 4.78 is 5.28. The van der Waals surface area contributed by atoms with Crippen LogP contribution in [-0.4, -0.2) is 42.8 Å². The number of likely N-dealkylation sites (N-methyl/N-ethyl adjacent to an activating group) is 1. The van der Waals surface area contributed by atoms with Gasteiger partial charge >= 0.3 is 5.97 Å². The van der Waals surface area contributed by atoms with E-state index in [0.29, 0.717) is 17.8 Å². The Labute approximate surface area is 149 Å². The van der Waals surface area contributed by atoms with E-state index in [2.05, 4.69) is 30.1 Å². The molecule has 25 heavy (non-hydrogen) atoms. The molecular formula is C20H26N2O3. The lowest BCUT2D eigenvalue weighted by molar-refractivity contribution is -0.131. The van der Waals surface area contributed by atoms with Crippen LogP contribution >= 0.6 is 0 Å². The number of esters is 1. The maximum atomic E-state index is 11.3. The van der Waals surface area contributed by atoms with Crippen molar-refractivity contribution in [2.75, 3.05) is 14.2 Å². The molecular weight excluding hydrogens is 316 g/mol. The topological polar surface area (TPSA) is 51.1 Å². The zero-order valence-corrected chi connectivity index (χ0v) is 15.4. The van der Waals surface area contributed by atoms with Crippen molar-refractivity contribution in [3.05, 3.63) is 35.4 Å². The molecule has 2 bridgehead atoms. The Bertz CT molecular complexity index is 723. The van der Waals surface area contributed by atoms with Crippen molar-refractivity contribution in [1.29, 1.82) is 0 Å². The van der Waals surface area contributed by atoms with Gasteiger partial charge in [0.15, 0.2) is 0 Å².